The average molecular weight is 272 g/mol. The molecule has 0 radical (unpaired) electrons. The molecule has 0 fully saturated rings. The maximum atomic E-state index is 5.62. The summed E-state index contributed by atoms with van der Waals surface area (Å²) in [4.78, 5) is 0. The second kappa shape index (κ2) is 6.11. The Hall–Kier alpha value is 1.59. The van der Waals surface area contributed by atoms with Crippen molar-refractivity contribution in [3.05, 3.63) is 0 Å². The molecule has 0 aromatic carbocycles. The van der Waals surface area contributed by atoms with Crippen LogP contribution in [-0.4, -0.2) is 13.4 Å². The Labute approximate surface area is 90.0 Å². The smallest absolute Gasteiger partial charge is 0.146 e. The maximum absolute atomic E-state index is 5.62. The SMILES string of the molecule is CC[Si](C)(Cl)Cl.C[Si](C)(Cl)Cl. The van der Waals surface area contributed by atoms with Crippen LogP contribution < -0.4 is 0 Å². The van der Waals surface area contributed by atoms with Crippen molar-refractivity contribution in [3.63, 3.8) is 0 Å². The molecule has 0 saturated heterocycles. The first-order valence-corrected chi connectivity index (χ1v) is 13.1. The Morgan fingerprint density at radius 2 is 1.00 bits per heavy atom. The van der Waals surface area contributed by atoms with Gasteiger partial charge in [-0.1, -0.05) is 6.92 Å². The molecule has 0 spiro atoms. The van der Waals surface area contributed by atoms with Crippen LogP contribution in [0.15, 0.2) is 0 Å². The molecule has 0 aromatic rings. The third-order valence-corrected chi connectivity index (χ3v) is 3.47. The van der Waals surface area contributed by atoms with Crippen molar-refractivity contribution in [2.45, 2.75) is 32.6 Å². The predicted molar refractivity (Wildman–Crippen MR) is 63.0 cm³/mol. The first-order valence-electron chi connectivity index (χ1n) is 3.32. The van der Waals surface area contributed by atoms with Gasteiger partial charge in [-0.25, -0.2) is 0 Å². The third-order valence-electron chi connectivity index (χ3n) is 0.621. The van der Waals surface area contributed by atoms with Crippen molar-refractivity contribution in [1.29, 1.82) is 0 Å². The molecule has 0 amide bonds. The summed E-state index contributed by atoms with van der Waals surface area (Å²) >= 11 is 22.1. The van der Waals surface area contributed by atoms with Crippen molar-refractivity contribution in [2.75, 3.05) is 0 Å². The zero-order valence-electron chi connectivity index (χ0n) is 7.22. The molecule has 0 saturated carbocycles. The van der Waals surface area contributed by atoms with E-state index in [0.717, 1.165) is 6.04 Å². The summed E-state index contributed by atoms with van der Waals surface area (Å²) in [5, 5.41) is 0. The fourth-order valence-electron chi connectivity index (χ4n) is 0. The van der Waals surface area contributed by atoms with E-state index in [1.165, 1.54) is 0 Å². The molecule has 11 heavy (non-hydrogen) atoms. The minimum atomic E-state index is -1.69. The van der Waals surface area contributed by atoms with Gasteiger partial charge in [0.1, 0.15) is 0 Å². The zero-order valence-corrected chi connectivity index (χ0v) is 12.2. The van der Waals surface area contributed by atoms with E-state index in [0.29, 0.717) is 0 Å². The van der Waals surface area contributed by atoms with Gasteiger partial charge in [0.15, 0.2) is 0 Å². The molecule has 0 N–H and O–H groups in total. The molecular weight excluding hydrogens is 258 g/mol. The average Bonchev–Trinajstić information content (AvgIpc) is 1.59. The number of hydrogen-bond acceptors (Lipinski definition) is 0. The van der Waals surface area contributed by atoms with E-state index in [1.807, 2.05) is 26.6 Å². The topological polar surface area (TPSA) is 0 Å². The Balaban J connectivity index is 0. The van der Waals surface area contributed by atoms with Crippen LogP contribution in [0.2, 0.25) is 25.7 Å². The highest BCUT2D eigenvalue weighted by Crippen LogP contribution is 2.17. The van der Waals surface area contributed by atoms with E-state index < -0.39 is 13.4 Å². The minimum absolute atomic E-state index is 0.941. The highest BCUT2D eigenvalue weighted by molar-refractivity contribution is 7.45. The lowest BCUT2D eigenvalue weighted by Crippen LogP contribution is -2.08. The molecule has 0 bridgehead atoms. The Bertz CT molecular complexity index is 87.6. The van der Waals surface area contributed by atoms with Crippen LogP contribution in [0.3, 0.4) is 0 Å². The first kappa shape index (κ1) is 15.1. The zero-order chi connectivity index (χ0) is 9.71. The van der Waals surface area contributed by atoms with Gasteiger partial charge in [0, 0.05) is 0 Å². The maximum Gasteiger partial charge on any atom is 0.248 e. The van der Waals surface area contributed by atoms with Gasteiger partial charge >= 0.3 is 0 Å². The van der Waals surface area contributed by atoms with Gasteiger partial charge in [-0.05, 0) is 25.7 Å². The van der Waals surface area contributed by atoms with E-state index in [9.17, 15) is 0 Å². The fourth-order valence-corrected chi connectivity index (χ4v) is 0. The predicted octanol–water partition coefficient (Wildman–Crippen LogP) is 4.72. The summed E-state index contributed by atoms with van der Waals surface area (Å²) < 4.78 is 0. The standard InChI is InChI=1S/C3H8Cl2Si.C2H6Cl2Si/c1-3-6(2,4)5;1-5(2,3)4/h3H2,1-2H3;1-2H3. The van der Waals surface area contributed by atoms with Crippen LogP contribution in [0.25, 0.3) is 0 Å². The largest absolute Gasteiger partial charge is 0.248 e. The summed E-state index contributed by atoms with van der Waals surface area (Å²) in [5.74, 6) is 0. The molecule has 0 aliphatic rings. The van der Waals surface area contributed by atoms with Crippen LogP contribution in [0.4, 0.5) is 0 Å². The van der Waals surface area contributed by atoms with Crippen molar-refractivity contribution in [3.8, 4) is 0 Å². The number of rotatable bonds is 1. The number of halogens is 4. The van der Waals surface area contributed by atoms with Gasteiger partial charge in [0.2, 0.25) is 13.4 Å². The van der Waals surface area contributed by atoms with Crippen LogP contribution in [0.5, 0.6) is 0 Å². The van der Waals surface area contributed by atoms with Crippen molar-refractivity contribution < 1.29 is 0 Å². The van der Waals surface area contributed by atoms with Gasteiger partial charge in [0.25, 0.3) is 0 Å². The lowest BCUT2D eigenvalue weighted by molar-refractivity contribution is 1.43. The summed E-state index contributed by atoms with van der Waals surface area (Å²) in [6.45, 7) is 4.28. The molecule has 0 rings (SSSR count). The molecule has 0 heterocycles. The molecule has 0 unspecified atom stereocenters. The first-order chi connectivity index (χ1) is 4.56. The second-order valence-electron chi connectivity index (χ2n) is 2.75. The van der Waals surface area contributed by atoms with E-state index in [-0.39, 0.29) is 0 Å². The molecule has 0 nitrogen and oxygen atoms in total. The van der Waals surface area contributed by atoms with Crippen LogP contribution in [-0.2, 0) is 0 Å². The second-order valence-corrected chi connectivity index (χ2v) is 20.1. The highest BCUT2D eigenvalue weighted by Gasteiger charge is 2.15. The molecule has 70 valence electrons. The van der Waals surface area contributed by atoms with Crippen molar-refractivity contribution >= 4 is 57.7 Å². The van der Waals surface area contributed by atoms with Gasteiger partial charge in [-0.2, -0.15) is 0 Å². The number of hydrogen-bond donors (Lipinski definition) is 0. The van der Waals surface area contributed by atoms with Crippen LogP contribution in [0, 0.1) is 0 Å². The van der Waals surface area contributed by atoms with E-state index in [1.54, 1.807) is 0 Å². The third kappa shape index (κ3) is 50.6. The summed E-state index contributed by atoms with van der Waals surface area (Å²) in [6, 6.07) is 0.941. The Kier molecular flexibility index (Phi) is 8.38. The molecule has 0 aromatic heterocycles. The normalized spacial score (nSPS) is 12.0. The van der Waals surface area contributed by atoms with Crippen molar-refractivity contribution in [2.24, 2.45) is 0 Å². The molecule has 0 aliphatic heterocycles. The van der Waals surface area contributed by atoms with Gasteiger partial charge in [-0.3, -0.25) is 0 Å². The van der Waals surface area contributed by atoms with Gasteiger partial charge in [0.05, 0.1) is 0 Å². The Morgan fingerprint density at radius 1 is 0.909 bits per heavy atom. The lowest BCUT2D eigenvalue weighted by atomic mass is 11.0. The van der Waals surface area contributed by atoms with Crippen LogP contribution in [0.1, 0.15) is 6.92 Å². The van der Waals surface area contributed by atoms with Gasteiger partial charge < -0.3 is 0 Å². The minimum Gasteiger partial charge on any atom is -0.146 e. The van der Waals surface area contributed by atoms with Gasteiger partial charge in [-0.15, -0.1) is 44.3 Å². The van der Waals surface area contributed by atoms with Crippen molar-refractivity contribution in [1.82, 2.24) is 0 Å². The monoisotopic (exact) mass is 270 g/mol. The van der Waals surface area contributed by atoms with E-state index in [2.05, 4.69) is 0 Å². The fraction of sp³-hybridized carbons (Fsp3) is 1.00. The molecule has 0 aliphatic carbocycles. The molecule has 6 heteroatoms. The quantitative estimate of drug-likeness (QED) is 0.478. The summed E-state index contributed by atoms with van der Waals surface area (Å²) in [5.41, 5.74) is 0. The summed E-state index contributed by atoms with van der Waals surface area (Å²) in [7, 11) is 0. The lowest BCUT2D eigenvalue weighted by Gasteiger charge is -2.01. The van der Waals surface area contributed by atoms with Crippen LogP contribution >= 0.6 is 44.3 Å². The van der Waals surface area contributed by atoms with E-state index >= 15 is 0 Å². The Morgan fingerprint density at radius 3 is 1.00 bits per heavy atom. The van der Waals surface area contributed by atoms with E-state index in [4.69, 9.17) is 44.3 Å². The molecule has 0 atom stereocenters. The summed E-state index contributed by atoms with van der Waals surface area (Å²) in [6.07, 6.45) is 0. The molecular formula is C5H14Cl4Si2. The highest BCUT2D eigenvalue weighted by atomic mass is 35.7.